The molecule has 0 saturated carbocycles. The second-order valence-corrected chi connectivity index (χ2v) is 4.54. The van der Waals surface area contributed by atoms with Gasteiger partial charge in [-0.2, -0.15) is 0 Å². The Morgan fingerprint density at radius 3 is 2.32 bits per heavy atom. The first kappa shape index (κ1) is 17.8. The number of aliphatic hydroxyl groups excluding tert-OH is 2. The van der Waals surface area contributed by atoms with Gasteiger partial charge >= 0.3 is 0 Å². The standard InChI is InChI=1S/C17H26O2/c1-3-5-6-7-8-9-10-14-17(19)15-12-11-13-16(18)4-2/h10,14,16-19H,3-9H2,1-2H3. The molecule has 0 aromatic rings. The van der Waals surface area contributed by atoms with Crippen LogP contribution in [0.2, 0.25) is 0 Å². The van der Waals surface area contributed by atoms with Crippen molar-refractivity contribution < 1.29 is 10.2 Å². The van der Waals surface area contributed by atoms with Crippen LogP contribution < -0.4 is 0 Å². The van der Waals surface area contributed by atoms with Gasteiger partial charge in [-0.15, -0.1) is 0 Å². The predicted molar refractivity (Wildman–Crippen MR) is 80.4 cm³/mol. The molecule has 19 heavy (non-hydrogen) atoms. The van der Waals surface area contributed by atoms with Crippen LogP contribution in [0.25, 0.3) is 0 Å². The molecule has 2 atom stereocenters. The molecule has 0 saturated heterocycles. The van der Waals surface area contributed by atoms with E-state index in [9.17, 15) is 5.11 Å². The first-order valence-electron chi connectivity index (χ1n) is 7.24. The number of rotatable bonds is 8. The molecule has 0 bridgehead atoms. The summed E-state index contributed by atoms with van der Waals surface area (Å²) >= 11 is 0. The third-order valence-electron chi connectivity index (χ3n) is 2.70. The van der Waals surface area contributed by atoms with E-state index in [4.69, 9.17) is 5.11 Å². The van der Waals surface area contributed by atoms with Crippen molar-refractivity contribution in [1.82, 2.24) is 0 Å². The van der Waals surface area contributed by atoms with E-state index in [1.807, 2.05) is 13.0 Å². The van der Waals surface area contributed by atoms with Crippen molar-refractivity contribution in [1.29, 1.82) is 0 Å². The number of hydrogen-bond acceptors (Lipinski definition) is 2. The summed E-state index contributed by atoms with van der Waals surface area (Å²) in [5, 5.41) is 18.7. The van der Waals surface area contributed by atoms with Crippen LogP contribution in [0, 0.1) is 23.7 Å². The van der Waals surface area contributed by atoms with Crippen molar-refractivity contribution in [2.75, 3.05) is 0 Å². The second kappa shape index (κ2) is 13.2. The summed E-state index contributed by atoms with van der Waals surface area (Å²) in [6.07, 6.45) is 10.1. The van der Waals surface area contributed by atoms with E-state index in [-0.39, 0.29) is 0 Å². The zero-order valence-corrected chi connectivity index (χ0v) is 12.2. The van der Waals surface area contributed by atoms with E-state index < -0.39 is 12.2 Å². The van der Waals surface area contributed by atoms with Gasteiger partial charge in [-0.25, -0.2) is 0 Å². The van der Waals surface area contributed by atoms with Crippen LogP contribution in [0.1, 0.15) is 58.8 Å². The molecule has 0 aromatic carbocycles. The maximum Gasteiger partial charge on any atom is 0.134 e. The minimum absolute atomic E-state index is 0.592. The van der Waals surface area contributed by atoms with Gasteiger partial charge in [0, 0.05) is 0 Å². The molecule has 0 radical (unpaired) electrons. The normalized spacial score (nSPS) is 13.3. The summed E-state index contributed by atoms with van der Waals surface area (Å²) in [4.78, 5) is 0. The van der Waals surface area contributed by atoms with Crippen LogP contribution in [0.3, 0.4) is 0 Å². The Balaban J connectivity index is 3.75. The highest BCUT2D eigenvalue weighted by atomic mass is 16.3. The maximum absolute atomic E-state index is 9.52. The third kappa shape index (κ3) is 13.0. The Labute approximate surface area is 117 Å². The van der Waals surface area contributed by atoms with Gasteiger partial charge in [0.25, 0.3) is 0 Å². The zero-order chi connectivity index (χ0) is 14.3. The molecule has 0 amide bonds. The van der Waals surface area contributed by atoms with Crippen LogP contribution in [-0.2, 0) is 0 Å². The smallest absolute Gasteiger partial charge is 0.134 e. The SMILES string of the molecule is CCCCCCCC=CC(O)C#CC#CC(O)CC. The summed E-state index contributed by atoms with van der Waals surface area (Å²) in [6.45, 7) is 4.06. The molecule has 0 aromatic heterocycles. The van der Waals surface area contributed by atoms with Gasteiger partial charge in [-0.1, -0.05) is 57.4 Å². The van der Waals surface area contributed by atoms with Gasteiger partial charge in [-0.3, -0.25) is 0 Å². The van der Waals surface area contributed by atoms with Gasteiger partial charge in [0.05, 0.1) is 0 Å². The predicted octanol–water partition coefficient (Wildman–Crippen LogP) is 3.04. The Morgan fingerprint density at radius 2 is 1.63 bits per heavy atom. The highest BCUT2D eigenvalue weighted by Gasteiger charge is 1.91. The highest BCUT2D eigenvalue weighted by Crippen LogP contribution is 2.05. The number of hydrogen-bond donors (Lipinski definition) is 2. The maximum atomic E-state index is 9.52. The van der Waals surface area contributed by atoms with Crippen molar-refractivity contribution in [2.24, 2.45) is 0 Å². The van der Waals surface area contributed by atoms with Crippen molar-refractivity contribution in [3.05, 3.63) is 12.2 Å². The summed E-state index contributed by atoms with van der Waals surface area (Å²) in [7, 11) is 0. The average Bonchev–Trinajstić information content (AvgIpc) is 2.42. The highest BCUT2D eigenvalue weighted by molar-refractivity contribution is 5.29. The molecule has 106 valence electrons. The molecule has 2 N–H and O–H groups in total. The van der Waals surface area contributed by atoms with E-state index in [2.05, 4.69) is 30.6 Å². The molecule has 0 aliphatic rings. The van der Waals surface area contributed by atoms with E-state index >= 15 is 0 Å². The Morgan fingerprint density at radius 1 is 0.947 bits per heavy atom. The fraction of sp³-hybridized carbons (Fsp3) is 0.647. The number of allylic oxidation sites excluding steroid dienone is 1. The lowest BCUT2D eigenvalue weighted by Crippen LogP contribution is -1.99. The fourth-order valence-electron chi connectivity index (χ4n) is 1.47. The van der Waals surface area contributed by atoms with Crippen LogP contribution in [0.4, 0.5) is 0 Å². The van der Waals surface area contributed by atoms with Gasteiger partial charge in [0.1, 0.15) is 12.2 Å². The van der Waals surface area contributed by atoms with Crippen molar-refractivity contribution in [2.45, 2.75) is 71.0 Å². The molecule has 0 aliphatic heterocycles. The molecule has 0 fully saturated rings. The molecule has 2 nitrogen and oxygen atoms in total. The van der Waals surface area contributed by atoms with Gasteiger partial charge in [0.15, 0.2) is 0 Å². The summed E-state index contributed by atoms with van der Waals surface area (Å²) < 4.78 is 0. The largest absolute Gasteiger partial charge is 0.380 e. The fourth-order valence-corrected chi connectivity index (χ4v) is 1.47. The average molecular weight is 262 g/mol. The van der Waals surface area contributed by atoms with E-state index in [0.717, 1.165) is 6.42 Å². The Bertz CT molecular complexity index is 349. The molecule has 2 unspecified atom stereocenters. The molecule has 2 heteroatoms. The topological polar surface area (TPSA) is 40.5 Å². The van der Waals surface area contributed by atoms with Gasteiger partial charge in [-0.05, 0) is 37.2 Å². The minimum Gasteiger partial charge on any atom is -0.380 e. The monoisotopic (exact) mass is 262 g/mol. The van der Waals surface area contributed by atoms with E-state index in [0.29, 0.717) is 6.42 Å². The summed E-state index contributed by atoms with van der Waals surface area (Å²) in [6, 6.07) is 0. The Kier molecular flexibility index (Phi) is 12.4. The van der Waals surface area contributed by atoms with E-state index in [1.165, 1.54) is 32.1 Å². The van der Waals surface area contributed by atoms with Gasteiger partial charge < -0.3 is 10.2 Å². The number of aliphatic hydroxyl groups is 2. The van der Waals surface area contributed by atoms with Crippen LogP contribution in [0.15, 0.2) is 12.2 Å². The molecular weight excluding hydrogens is 236 g/mol. The van der Waals surface area contributed by atoms with Crippen LogP contribution in [-0.4, -0.2) is 22.4 Å². The molecular formula is C17H26O2. The second-order valence-electron chi connectivity index (χ2n) is 4.54. The van der Waals surface area contributed by atoms with Gasteiger partial charge in [0.2, 0.25) is 0 Å². The zero-order valence-electron chi connectivity index (χ0n) is 12.2. The first-order chi connectivity index (χ1) is 9.20. The quantitative estimate of drug-likeness (QED) is 0.401. The van der Waals surface area contributed by atoms with Crippen LogP contribution in [0.5, 0.6) is 0 Å². The molecule has 0 rings (SSSR count). The lowest BCUT2D eigenvalue weighted by atomic mass is 10.1. The summed E-state index contributed by atoms with van der Waals surface area (Å²) in [5.41, 5.74) is 0. The van der Waals surface area contributed by atoms with Crippen molar-refractivity contribution in [3.63, 3.8) is 0 Å². The Hall–Kier alpha value is -1.22. The van der Waals surface area contributed by atoms with E-state index in [1.54, 1.807) is 6.08 Å². The molecule has 0 aliphatic carbocycles. The van der Waals surface area contributed by atoms with Crippen LogP contribution >= 0.6 is 0 Å². The lowest BCUT2D eigenvalue weighted by molar-refractivity contribution is 0.228. The minimum atomic E-state index is -0.760. The number of unbranched alkanes of at least 4 members (excludes halogenated alkanes) is 5. The lowest BCUT2D eigenvalue weighted by Gasteiger charge is -1.97. The van der Waals surface area contributed by atoms with Crippen molar-refractivity contribution in [3.8, 4) is 23.7 Å². The van der Waals surface area contributed by atoms with Crippen molar-refractivity contribution >= 4 is 0 Å². The molecule has 0 heterocycles. The third-order valence-corrected chi connectivity index (χ3v) is 2.70. The summed E-state index contributed by atoms with van der Waals surface area (Å²) in [5.74, 6) is 10.3. The first-order valence-corrected chi connectivity index (χ1v) is 7.24. The molecule has 0 spiro atoms.